The van der Waals surface area contributed by atoms with E-state index in [1.165, 1.54) is 0 Å². The maximum absolute atomic E-state index is 11.7. The molecule has 0 saturated carbocycles. The largest absolute Gasteiger partial charge is 0.366 e. The highest BCUT2D eigenvalue weighted by molar-refractivity contribution is 7.99. The Morgan fingerprint density at radius 3 is 2.91 bits per heavy atom. The Labute approximate surface area is 138 Å². The predicted molar refractivity (Wildman–Crippen MR) is 93.0 cm³/mol. The van der Waals surface area contributed by atoms with E-state index in [1.54, 1.807) is 24.2 Å². The highest BCUT2D eigenvalue weighted by Gasteiger charge is 2.14. The molecule has 3 rings (SSSR count). The summed E-state index contributed by atoms with van der Waals surface area (Å²) in [6.07, 6.45) is 5.78. The number of benzene rings is 1. The number of rotatable bonds is 6. The van der Waals surface area contributed by atoms with Crippen molar-refractivity contribution < 1.29 is 4.79 Å². The van der Waals surface area contributed by atoms with E-state index in [2.05, 4.69) is 16.9 Å². The summed E-state index contributed by atoms with van der Waals surface area (Å²) in [6.45, 7) is 2.16. The number of thioether (sulfide) groups is 1. The van der Waals surface area contributed by atoms with Crippen LogP contribution in [0.25, 0.3) is 16.7 Å². The van der Waals surface area contributed by atoms with Crippen LogP contribution in [0.3, 0.4) is 0 Å². The lowest BCUT2D eigenvalue weighted by molar-refractivity contribution is 0.100. The van der Waals surface area contributed by atoms with Crippen molar-refractivity contribution in [1.82, 2.24) is 14.5 Å². The maximum Gasteiger partial charge on any atom is 0.250 e. The first-order valence-electron chi connectivity index (χ1n) is 7.57. The number of unbranched alkanes of at least 4 members (excludes halogenated alkanes) is 1. The quantitative estimate of drug-likeness (QED) is 0.428. The second-order valence-electron chi connectivity index (χ2n) is 5.19. The van der Waals surface area contributed by atoms with Crippen molar-refractivity contribution >= 4 is 28.6 Å². The molecule has 0 aliphatic rings. The molecule has 0 spiro atoms. The summed E-state index contributed by atoms with van der Waals surface area (Å²) in [4.78, 5) is 20.6. The second-order valence-corrected chi connectivity index (χ2v) is 6.26. The number of aromatic nitrogens is 3. The first-order valence-corrected chi connectivity index (χ1v) is 8.55. The van der Waals surface area contributed by atoms with E-state index in [-0.39, 0.29) is 0 Å². The van der Waals surface area contributed by atoms with Crippen LogP contribution in [0.4, 0.5) is 0 Å². The van der Waals surface area contributed by atoms with Crippen molar-refractivity contribution in [1.29, 1.82) is 0 Å². The Hall–Kier alpha value is -2.34. The summed E-state index contributed by atoms with van der Waals surface area (Å²) >= 11 is 1.65. The molecule has 0 aliphatic heterocycles. The van der Waals surface area contributed by atoms with Gasteiger partial charge in [-0.15, -0.1) is 0 Å². The maximum atomic E-state index is 11.7. The summed E-state index contributed by atoms with van der Waals surface area (Å²) in [5.41, 5.74) is 6.90. The minimum Gasteiger partial charge on any atom is -0.366 e. The highest BCUT2D eigenvalue weighted by Crippen LogP contribution is 2.24. The van der Waals surface area contributed by atoms with E-state index >= 15 is 0 Å². The van der Waals surface area contributed by atoms with Gasteiger partial charge in [-0.2, -0.15) is 0 Å². The molecule has 0 fully saturated rings. The smallest absolute Gasteiger partial charge is 0.250 e. The van der Waals surface area contributed by atoms with Gasteiger partial charge in [-0.05, 0) is 18.6 Å². The van der Waals surface area contributed by atoms with Gasteiger partial charge in [0.05, 0.1) is 11.1 Å². The van der Waals surface area contributed by atoms with E-state index in [0.29, 0.717) is 5.56 Å². The van der Waals surface area contributed by atoms with Gasteiger partial charge in [-0.1, -0.05) is 43.3 Å². The van der Waals surface area contributed by atoms with E-state index < -0.39 is 5.91 Å². The predicted octanol–water partition coefficient (Wildman–Crippen LogP) is 3.41. The minimum absolute atomic E-state index is 0.438. The van der Waals surface area contributed by atoms with Crippen LogP contribution in [0, 0.1) is 0 Å². The van der Waals surface area contributed by atoms with Gasteiger partial charge in [0.15, 0.2) is 5.16 Å². The Morgan fingerprint density at radius 1 is 1.30 bits per heavy atom. The molecule has 6 heteroatoms. The number of hydrogen-bond acceptors (Lipinski definition) is 4. The Bertz CT molecular complexity index is 843. The van der Waals surface area contributed by atoms with E-state index in [4.69, 9.17) is 5.73 Å². The molecular formula is C17H18N4OS. The zero-order valence-corrected chi connectivity index (χ0v) is 13.7. The number of nitrogens with two attached hydrogens (primary N) is 1. The fraction of sp³-hybridized carbons (Fsp3) is 0.235. The van der Waals surface area contributed by atoms with Gasteiger partial charge in [-0.3, -0.25) is 4.79 Å². The molecule has 3 aromatic rings. The Balaban J connectivity index is 2.03. The molecule has 0 radical (unpaired) electrons. The first-order chi connectivity index (χ1) is 11.2. The molecule has 2 aromatic heterocycles. The fourth-order valence-electron chi connectivity index (χ4n) is 2.41. The zero-order chi connectivity index (χ0) is 16.2. The molecule has 2 heterocycles. The third kappa shape index (κ3) is 3.22. The molecule has 5 nitrogen and oxygen atoms in total. The molecule has 1 amide bonds. The number of primary amides is 1. The zero-order valence-electron chi connectivity index (χ0n) is 12.9. The van der Waals surface area contributed by atoms with Crippen LogP contribution in [0.15, 0.2) is 47.9 Å². The fourth-order valence-corrected chi connectivity index (χ4v) is 3.32. The van der Waals surface area contributed by atoms with Gasteiger partial charge in [-0.25, -0.2) is 9.97 Å². The lowest BCUT2D eigenvalue weighted by Gasteiger charge is -2.06. The third-order valence-corrected chi connectivity index (χ3v) is 4.52. The van der Waals surface area contributed by atoms with Gasteiger partial charge in [0.2, 0.25) is 0 Å². The molecule has 0 aliphatic carbocycles. The standard InChI is InChI=1S/C17H18N4OS/c1-2-3-10-23-17-19-9-8-15(20-17)21-11-13(16(18)22)12-6-4-5-7-14(12)21/h4-9,11H,2-3,10H2,1H3,(H2,18,22). The minimum atomic E-state index is -0.438. The van der Waals surface area contributed by atoms with Gasteiger partial charge in [0.25, 0.3) is 5.91 Å². The third-order valence-electron chi connectivity index (χ3n) is 3.57. The highest BCUT2D eigenvalue weighted by atomic mass is 32.2. The SMILES string of the molecule is CCCCSc1nccc(-n2cc(C(N)=O)c3ccccc32)n1. The number of fused-ring (bicyclic) bond motifs is 1. The average Bonchev–Trinajstić information content (AvgIpc) is 2.95. The lowest BCUT2D eigenvalue weighted by atomic mass is 10.2. The Kier molecular flexibility index (Phi) is 4.62. The van der Waals surface area contributed by atoms with Crippen LogP contribution >= 0.6 is 11.8 Å². The van der Waals surface area contributed by atoms with Crippen molar-refractivity contribution in [2.45, 2.75) is 24.9 Å². The Morgan fingerprint density at radius 2 is 2.13 bits per heavy atom. The van der Waals surface area contributed by atoms with Gasteiger partial charge >= 0.3 is 0 Å². The monoisotopic (exact) mass is 326 g/mol. The van der Waals surface area contributed by atoms with E-state index in [1.807, 2.05) is 34.9 Å². The molecule has 2 N–H and O–H groups in total. The van der Waals surface area contributed by atoms with Crippen LogP contribution in [-0.2, 0) is 0 Å². The molecule has 0 unspecified atom stereocenters. The van der Waals surface area contributed by atoms with Crippen molar-refractivity contribution in [3.05, 3.63) is 48.3 Å². The van der Waals surface area contributed by atoms with Crippen LogP contribution in [0.2, 0.25) is 0 Å². The summed E-state index contributed by atoms with van der Waals surface area (Å²) in [6, 6.07) is 9.51. The second kappa shape index (κ2) is 6.83. The van der Waals surface area contributed by atoms with Gasteiger partial charge < -0.3 is 10.3 Å². The van der Waals surface area contributed by atoms with Crippen molar-refractivity contribution in [3.63, 3.8) is 0 Å². The van der Waals surface area contributed by atoms with Crippen LogP contribution in [-0.4, -0.2) is 26.2 Å². The van der Waals surface area contributed by atoms with Crippen molar-refractivity contribution in [2.24, 2.45) is 5.73 Å². The number of carbonyl (C=O) groups excluding carboxylic acids is 1. The average molecular weight is 326 g/mol. The number of carbonyl (C=O) groups is 1. The van der Waals surface area contributed by atoms with Crippen LogP contribution in [0.5, 0.6) is 0 Å². The molecule has 23 heavy (non-hydrogen) atoms. The molecule has 0 atom stereocenters. The van der Waals surface area contributed by atoms with E-state index in [0.717, 1.165) is 40.5 Å². The van der Waals surface area contributed by atoms with Crippen molar-refractivity contribution in [3.8, 4) is 5.82 Å². The summed E-state index contributed by atoms with van der Waals surface area (Å²) in [5.74, 6) is 1.30. The first kappa shape index (κ1) is 15.6. The van der Waals surface area contributed by atoms with Crippen molar-refractivity contribution in [2.75, 3.05) is 5.75 Å². The molecule has 0 saturated heterocycles. The summed E-state index contributed by atoms with van der Waals surface area (Å²) in [5, 5.41) is 1.58. The van der Waals surface area contributed by atoms with Gasteiger partial charge in [0.1, 0.15) is 5.82 Å². The number of nitrogens with zero attached hydrogens (tertiary/aromatic N) is 3. The number of para-hydroxylation sites is 1. The summed E-state index contributed by atoms with van der Waals surface area (Å²) < 4.78 is 1.89. The number of hydrogen-bond donors (Lipinski definition) is 1. The number of amides is 1. The molecule has 0 bridgehead atoms. The summed E-state index contributed by atoms with van der Waals surface area (Å²) in [7, 11) is 0. The van der Waals surface area contributed by atoms with Crippen LogP contribution < -0.4 is 5.73 Å². The molecule has 1 aromatic carbocycles. The normalized spacial score (nSPS) is 11.0. The lowest BCUT2D eigenvalue weighted by Crippen LogP contribution is -2.10. The van der Waals surface area contributed by atoms with Gasteiger partial charge in [0, 0.05) is 23.5 Å². The molecular weight excluding hydrogens is 308 g/mol. The topological polar surface area (TPSA) is 73.8 Å². The van der Waals surface area contributed by atoms with Crippen LogP contribution in [0.1, 0.15) is 30.1 Å². The van der Waals surface area contributed by atoms with E-state index in [9.17, 15) is 4.79 Å². The molecule has 118 valence electrons.